The fourth-order valence-electron chi connectivity index (χ4n) is 3.29. The highest BCUT2D eigenvalue weighted by molar-refractivity contribution is 5.89. The van der Waals surface area contributed by atoms with Gasteiger partial charge >= 0.3 is 0 Å². The fraction of sp³-hybridized carbons (Fsp3) is 0.579. The number of ether oxygens (including phenoxy) is 1. The Morgan fingerprint density at radius 1 is 1.44 bits per heavy atom. The third kappa shape index (κ3) is 4.95. The highest BCUT2D eigenvalue weighted by Crippen LogP contribution is 2.19. The average molecular weight is 347 g/mol. The Bertz CT molecular complexity index is 603. The summed E-state index contributed by atoms with van der Waals surface area (Å²) in [5.74, 6) is 0.751. The fourth-order valence-corrected chi connectivity index (χ4v) is 3.29. The van der Waals surface area contributed by atoms with Gasteiger partial charge < -0.3 is 15.0 Å². The monoisotopic (exact) mass is 347 g/mol. The van der Waals surface area contributed by atoms with E-state index in [2.05, 4.69) is 10.2 Å². The first-order valence-corrected chi connectivity index (χ1v) is 8.90. The van der Waals surface area contributed by atoms with Gasteiger partial charge in [-0.05, 0) is 38.5 Å². The van der Waals surface area contributed by atoms with Gasteiger partial charge in [-0.3, -0.25) is 14.5 Å². The van der Waals surface area contributed by atoms with Crippen LogP contribution in [0.25, 0.3) is 0 Å². The van der Waals surface area contributed by atoms with Gasteiger partial charge in [0.25, 0.3) is 0 Å². The SMILES string of the molecule is CCN(C(=O)CC1C(=O)NCCN1Cc1cccc(OC)c1)C(C)C. The molecule has 0 bridgehead atoms. The molecular formula is C19H29N3O3. The van der Waals surface area contributed by atoms with Crippen LogP contribution in [0, 0.1) is 0 Å². The largest absolute Gasteiger partial charge is 0.497 e. The van der Waals surface area contributed by atoms with Crippen LogP contribution < -0.4 is 10.1 Å². The number of methoxy groups -OCH3 is 1. The van der Waals surface area contributed by atoms with E-state index in [-0.39, 0.29) is 24.3 Å². The average Bonchev–Trinajstić information content (AvgIpc) is 2.58. The lowest BCUT2D eigenvalue weighted by Gasteiger charge is -2.36. The van der Waals surface area contributed by atoms with Crippen molar-refractivity contribution in [2.24, 2.45) is 0 Å². The minimum Gasteiger partial charge on any atom is -0.497 e. The smallest absolute Gasteiger partial charge is 0.237 e. The highest BCUT2D eigenvalue weighted by Gasteiger charge is 2.33. The van der Waals surface area contributed by atoms with Crippen molar-refractivity contribution in [2.45, 2.75) is 45.8 Å². The summed E-state index contributed by atoms with van der Waals surface area (Å²) in [6, 6.07) is 7.53. The van der Waals surface area contributed by atoms with Crippen LogP contribution in [-0.4, -0.2) is 60.4 Å². The summed E-state index contributed by atoms with van der Waals surface area (Å²) < 4.78 is 5.27. The van der Waals surface area contributed by atoms with Crippen molar-refractivity contribution in [3.8, 4) is 5.75 Å². The molecule has 25 heavy (non-hydrogen) atoms. The second-order valence-corrected chi connectivity index (χ2v) is 6.61. The lowest BCUT2D eigenvalue weighted by atomic mass is 10.1. The molecule has 138 valence electrons. The number of amides is 2. The van der Waals surface area contributed by atoms with Crippen molar-refractivity contribution in [3.05, 3.63) is 29.8 Å². The maximum absolute atomic E-state index is 12.6. The van der Waals surface area contributed by atoms with Crippen LogP contribution in [0.5, 0.6) is 5.75 Å². The van der Waals surface area contributed by atoms with Crippen LogP contribution in [0.15, 0.2) is 24.3 Å². The summed E-state index contributed by atoms with van der Waals surface area (Å²) in [6.07, 6.45) is 0.210. The van der Waals surface area contributed by atoms with Gasteiger partial charge in [-0.2, -0.15) is 0 Å². The zero-order valence-electron chi connectivity index (χ0n) is 15.6. The minimum atomic E-state index is -0.430. The number of carbonyl (C=O) groups is 2. The van der Waals surface area contributed by atoms with Crippen LogP contribution in [0.2, 0.25) is 0 Å². The maximum Gasteiger partial charge on any atom is 0.237 e. The van der Waals surface area contributed by atoms with E-state index in [4.69, 9.17) is 4.74 Å². The summed E-state index contributed by atoms with van der Waals surface area (Å²) in [4.78, 5) is 28.9. The second kappa shape index (κ2) is 8.85. The molecule has 1 aromatic carbocycles. The predicted octanol–water partition coefficient (Wildman–Crippen LogP) is 1.64. The Morgan fingerprint density at radius 3 is 2.84 bits per heavy atom. The molecule has 2 amide bonds. The summed E-state index contributed by atoms with van der Waals surface area (Å²) in [6.45, 7) is 8.57. The molecule has 0 radical (unpaired) electrons. The Labute approximate surface area is 150 Å². The van der Waals surface area contributed by atoms with Gasteiger partial charge in [0.1, 0.15) is 5.75 Å². The Hall–Kier alpha value is -2.08. The van der Waals surface area contributed by atoms with Crippen LogP contribution in [-0.2, 0) is 16.1 Å². The van der Waals surface area contributed by atoms with E-state index in [1.54, 1.807) is 7.11 Å². The molecule has 1 saturated heterocycles. The molecule has 1 aliphatic rings. The van der Waals surface area contributed by atoms with Crippen molar-refractivity contribution in [1.82, 2.24) is 15.1 Å². The van der Waals surface area contributed by atoms with E-state index < -0.39 is 6.04 Å². The molecule has 1 unspecified atom stereocenters. The summed E-state index contributed by atoms with van der Waals surface area (Å²) >= 11 is 0. The van der Waals surface area contributed by atoms with E-state index in [0.29, 0.717) is 19.6 Å². The lowest BCUT2D eigenvalue weighted by Crippen LogP contribution is -2.56. The molecule has 0 spiro atoms. The first-order chi connectivity index (χ1) is 12.0. The summed E-state index contributed by atoms with van der Waals surface area (Å²) in [5, 5.41) is 2.89. The molecule has 0 aliphatic carbocycles. The summed E-state index contributed by atoms with van der Waals surface area (Å²) in [5.41, 5.74) is 1.07. The minimum absolute atomic E-state index is 0.0233. The van der Waals surface area contributed by atoms with Crippen molar-refractivity contribution >= 4 is 11.8 Å². The number of nitrogens with zero attached hydrogens (tertiary/aromatic N) is 2. The van der Waals surface area contributed by atoms with Crippen molar-refractivity contribution in [3.63, 3.8) is 0 Å². The maximum atomic E-state index is 12.6. The predicted molar refractivity (Wildman–Crippen MR) is 97.3 cm³/mol. The van der Waals surface area contributed by atoms with E-state index in [1.807, 2.05) is 49.9 Å². The molecule has 1 aromatic rings. The Balaban J connectivity index is 2.12. The van der Waals surface area contributed by atoms with Gasteiger partial charge in [-0.25, -0.2) is 0 Å². The molecule has 1 atom stereocenters. The highest BCUT2D eigenvalue weighted by atomic mass is 16.5. The molecule has 0 saturated carbocycles. The number of hydrogen-bond donors (Lipinski definition) is 1. The number of piperazine rings is 1. The van der Waals surface area contributed by atoms with Gasteiger partial charge in [0.2, 0.25) is 11.8 Å². The molecule has 1 N–H and O–H groups in total. The standard InChI is InChI=1S/C19H29N3O3/c1-5-22(14(2)3)18(23)12-17-19(24)20-9-10-21(17)13-15-7-6-8-16(11-15)25-4/h6-8,11,14,17H,5,9-10,12-13H2,1-4H3,(H,20,24). The van der Waals surface area contributed by atoms with Crippen LogP contribution in [0.4, 0.5) is 0 Å². The van der Waals surface area contributed by atoms with Gasteiger partial charge in [-0.1, -0.05) is 12.1 Å². The molecule has 1 heterocycles. The van der Waals surface area contributed by atoms with Gasteiger partial charge in [0.05, 0.1) is 19.6 Å². The van der Waals surface area contributed by atoms with Crippen LogP contribution in [0.1, 0.15) is 32.8 Å². The second-order valence-electron chi connectivity index (χ2n) is 6.61. The molecule has 2 rings (SSSR count). The van der Waals surface area contributed by atoms with E-state index in [1.165, 1.54) is 0 Å². The summed E-state index contributed by atoms with van der Waals surface area (Å²) in [7, 11) is 1.64. The van der Waals surface area contributed by atoms with Gasteiger partial charge in [0, 0.05) is 32.2 Å². The van der Waals surface area contributed by atoms with Crippen LogP contribution >= 0.6 is 0 Å². The first-order valence-electron chi connectivity index (χ1n) is 8.90. The molecule has 0 aromatic heterocycles. The quantitative estimate of drug-likeness (QED) is 0.815. The van der Waals surface area contributed by atoms with Crippen molar-refractivity contribution < 1.29 is 14.3 Å². The first kappa shape index (κ1) is 19.2. The van der Waals surface area contributed by atoms with E-state index in [9.17, 15) is 9.59 Å². The van der Waals surface area contributed by atoms with Crippen molar-refractivity contribution in [1.29, 1.82) is 0 Å². The third-order valence-corrected chi connectivity index (χ3v) is 4.61. The molecular weight excluding hydrogens is 318 g/mol. The zero-order chi connectivity index (χ0) is 18.4. The zero-order valence-corrected chi connectivity index (χ0v) is 15.6. The van der Waals surface area contributed by atoms with Gasteiger partial charge in [0.15, 0.2) is 0 Å². The van der Waals surface area contributed by atoms with Gasteiger partial charge in [-0.15, -0.1) is 0 Å². The Morgan fingerprint density at radius 2 is 2.20 bits per heavy atom. The molecule has 1 fully saturated rings. The topological polar surface area (TPSA) is 61.9 Å². The number of hydrogen-bond acceptors (Lipinski definition) is 4. The number of rotatable bonds is 7. The number of carbonyl (C=O) groups excluding carboxylic acids is 2. The Kier molecular flexibility index (Phi) is 6.82. The number of nitrogens with one attached hydrogen (secondary N) is 1. The normalized spacial score (nSPS) is 18.1. The van der Waals surface area contributed by atoms with Crippen molar-refractivity contribution in [2.75, 3.05) is 26.7 Å². The molecule has 1 aliphatic heterocycles. The number of benzene rings is 1. The third-order valence-electron chi connectivity index (χ3n) is 4.61. The van der Waals surface area contributed by atoms with E-state index >= 15 is 0 Å². The van der Waals surface area contributed by atoms with Crippen LogP contribution in [0.3, 0.4) is 0 Å². The van der Waals surface area contributed by atoms with E-state index in [0.717, 1.165) is 17.9 Å². The molecule has 6 nitrogen and oxygen atoms in total. The lowest BCUT2D eigenvalue weighted by molar-refractivity contribution is -0.140. The molecule has 6 heteroatoms.